The average molecular weight is 367 g/mol. The molecule has 0 spiro atoms. The van der Waals surface area contributed by atoms with E-state index in [1.807, 2.05) is 37.4 Å². The summed E-state index contributed by atoms with van der Waals surface area (Å²) in [6.45, 7) is 3.91. The second kappa shape index (κ2) is 7.44. The maximum Gasteiger partial charge on any atom is 0.175 e. The fourth-order valence-electron chi connectivity index (χ4n) is 3.49. The molecule has 1 fully saturated rings. The molecule has 1 aliphatic rings. The molecule has 1 aliphatic heterocycles. The molecule has 6 nitrogen and oxygen atoms in total. The first kappa shape index (κ1) is 17.6. The molecule has 1 N–H and O–H groups in total. The van der Waals surface area contributed by atoms with E-state index >= 15 is 0 Å². The third-order valence-corrected chi connectivity index (χ3v) is 5.10. The Balaban J connectivity index is 1.51. The highest BCUT2D eigenvalue weighted by Gasteiger charge is 2.34. The number of aryl methyl sites for hydroxylation is 1. The number of hydrogen-bond donors (Lipinski definition) is 1. The van der Waals surface area contributed by atoms with Crippen LogP contribution in [0.25, 0.3) is 5.82 Å². The standard InChI is InChI=1S/C20H22FN5O/c1-15-7-10-26(25-15)19-6-5-18(23-24-19)22-14-20(8-11-27-12-9-20)16-3-2-4-17(21)13-16/h2-7,10,13H,8-9,11-12,14H2,1H3,(H,22,23). The smallest absolute Gasteiger partial charge is 0.175 e. The summed E-state index contributed by atoms with van der Waals surface area (Å²) in [6.07, 6.45) is 3.52. The van der Waals surface area contributed by atoms with Gasteiger partial charge in [-0.3, -0.25) is 0 Å². The second-order valence-electron chi connectivity index (χ2n) is 6.94. The maximum atomic E-state index is 13.8. The molecule has 140 valence electrons. The average Bonchev–Trinajstić information content (AvgIpc) is 3.14. The van der Waals surface area contributed by atoms with Gasteiger partial charge >= 0.3 is 0 Å². The van der Waals surface area contributed by atoms with Crippen molar-refractivity contribution in [3.63, 3.8) is 0 Å². The Morgan fingerprint density at radius 3 is 2.67 bits per heavy atom. The van der Waals surface area contributed by atoms with Gasteiger partial charge in [0.1, 0.15) is 11.6 Å². The van der Waals surface area contributed by atoms with Crippen LogP contribution in [0, 0.1) is 12.7 Å². The molecule has 3 heterocycles. The fraction of sp³-hybridized carbons (Fsp3) is 0.350. The lowest BCUT2D eigenvalue weighted by Crippen LogP contribution is -2.40. The summed E-state index contributed by atoms with van der Waals surface area (Å²) < 4.78 is 21.0. The number of halogens is 1. The van der Waals surface area contributed by atoms with E-state index in [1.54, 1.807) is 16.8 Å². The maximum absolute atomic E-state index is 13.8. The predicted octanol–water partition coefficient (Wildman–Crippen LogP) is 3.27. The first-order valence-electron chi connectivity index (χ1n) is 9.09. The molecule has 0 atom stereocenters. The number of ether oxygens (including phenoxy) is 1. The minimum absolute atomic E-state index is 0.181. The molecule has 27 heavy (non-hydrogen) atoms. The Hall–Kier alpha value is -2.80. The molecule has 0 radical (unpaired) electrons. The van der Waals surface area contributed by atoms with Crippen LogP contribution in [0.4, 0.5) is 10.2 Å². The number of rotatable bonds is 5. The van der Waals surface area contributed by atoms with Crippen molar-refractivity contribution in [3.8, 4) is 5.82 Å². The van der Waals surface area contributed by atoms with Crippen molar-refractivity contribution < 1.29 is 9.13 Å². The van der Waals surface area contributed by atoms with Crippen LogP contribution in [-0.4, -0.2) is 39.7 Å². The van der Waals surface area contributed by atoms with Gasteiger partial charge < -0.3 is 10.1 Å². The SMILES string of the molecule is Cc1ccn(-c2ccc(NCC3(c4cccc(F)c4)CCOCC3)nn2)n1. The highest BCUT2D eigenvalue weighted by Crippen LogP contribution is 2.35. The first-order valence-corrected chi connectivity index (χ1v) is 9.09. The van der Waals surface area contributed by atoms with Crippen molar-refractivity contribution in [1.82, 2.24) is 20.0 Å². The van der Waals surface area contributed by atoms with Crippen LogP contribution in [0.3, 0.4) is 0 Å². The Morgan fingerprint density at radius 1 is 1.15 bits per heavy atom. The predicted molar refractivity (Wildman–Crippen MR) is 101 cm³/mol. The lowest BCUT2D eigenvalue weighted by Gasteiger charge is -2.38. The number of benzene rings is 1. The van der Waals surface area contributed by atoms with Crippen LogP contribution in [0.15, 0.2) is 48.7 Å². The molecular weight excluding hydrogens is 345 g/mol. The zero-order valence-corrected chi connectivity index (χ0v) is 15.2. The number of aromatic nitrogens is 4. The van der Waals surface area contributed by atoms with E-state index in [9.17, 15) is 4.39 Å². The third-order valence-electron chi connectivity index (χ3n) is 5.10. The summed E-state index contributed by atoms with van der Waals surface area (Å²) in [7, 11) is 0. The van der Waals surface area contributed by atoms with Gasteiger partial charge in [0.15, 0.2) is 5.82 Å². The van der Waals surface area contributed by atoms with Gasteiger partial charge in [-0.05, 0) is 55.7 Å². The van der Waals surface area contributed by atoms with Crippen LogP contribution < -0.4 is 5.32 Å². The fourth-order valence-corrected chi connectivity index (χ4v) is 3.49. The van der Waals surface area contributed by atoms with Crippen LogP contribution >= 0.6 is 0 Å². The minimum Gasteiger partial charge on any atom is -0.381 e. The van der Waals surface area contributed by atoms with Gasteiger partial charge in [-0.15, -0.1) is 10.2 Å². The van der Waals surface area contributed by atoms with Gasteiger partial charge in [0.05, 0.1) is 5.69 Å². The summed E-state index contributed by atoms with van der Waals surface area (Å²) in [5.41, 5.74) is 1.74. The highest BCUT2D eigenvalue weighted by molar-refractivity contribution is 5.38. The van der Waals surface area contributed by atoms with Gasteiger partial charge in [-0.25, -0.2) is 9.07 Å². The number of hydrogen-bond acceptors (Lipinski definition) is 5. The van der Waals surface area contributed by atoms with E-state index in [2.05, 4.69) is 20.6 Å². The van der Waals surface area contributed by atoms with Gasteiger partial charge in [0.2, 0.25) is 0 Å². The molecule has 7 heteroatoms. The van der Waals surface area contributed by atoms with Gasteiger partial charge in [-0.1, -0.05) is 12.1 Å². The first-order chi connectivity index (χ1) is 13.1. The Kier molecular flexibility index (Phi) is 4.85. The van der Waals surface area contributed by atoms with Crippen LogP contribution in [0.5, 0.6) is 0 Å². The Morgan fingerprint density at radius 2 is 2.00 bits per heavy atom. The molecule has 0 aliphatic carbocycles. The van der Waals surface area contributed by atoms with E-state index in [4.69, 9.17) is 4.74 Å². The molecule has 0 bridgehead atoms. The molecule has 2 aromatic heterocycles. The van der Waals surface area contributed by atoms with Crippen molar-refractivity contribution in [1.29, 1.82) is 0 Å². The Bertz CT molecular complexity index is 903. The van der Waals surface area contributed by atoms with Crippen LogP contribution in [-0.2, 0) is 10.2 Å². The number of nitrogens with zero attached hydrogens (tertiary/aromatic N) is 4. The third kappa shape index (κ3) is 3.83. The van der Waals surface area contributed by atoms with E-state index in [-0.39, 0.29) is 11.2 Å². The summed E-state index contributed by atoms with van der Waals surface area (Å²) in [5.74, 6) is 1.14. The molecule has 3 aromatic rings. The second-order valence-corrected chi connectivity index (χ2v) is 6.94. The molecule has 4 rings (SSSR count). The highest BCUT2D eigenvalue weighted by atomic mass is 19.1. The zero-order chi connectivity index (χ0) is 18.7. The van der Waals surface area contributed by atoms with E-state index in [1.165, 1.54) is 6.07 Å². The molecular formula is C20H22FN5O. The van der Waals surface area contributed by atoms with Crippen molar-refractivity contribution in [3.05, 3.63) is 65.7 Å². The van der Waals surface area contributed by atoms with Gasteiger partial charge in [0, 0.05) is 31.4 Å². The van der Waals surface area contributed by atoms with Crippen molar-refractivity contribution >= 4 is 5.82 Å². The lowest BCUT2D eigenvalue weighted by molar-refractivity contribution is 0.0542. The topological polar surface area (TPSA) is 64.9 Å². The normalized spacial score (nSPS) is 16.2. The largest absolute Gasteiger partial charge is 0.381 e. The molecule has 1 aromatic carbocycles. The van der Waals surface area contributed by atoms with E-state index < -0.39 is 0 Å². The summed E-state index contributed by atoms with van der Waals surface area (Å²) in [6, 6.07) is 12.5. The molecule has 1 saturated heterocycles. The van der Waals surface area contributed by atoms with E-state index in [0.717, 1.165) is 24.1 Å². The van der Waals surface area contributed by atoms with Crippen LogP contribution in [0.1, 0.15) is 24.1 Å². The van der Waals surface area contributed by atoms with E-state index in [0.29, 0.717) is 31.4 Å². The zero-order valence-electron chi connectivity index (χ0n) is 15.2. The monoisotopic (exact) mass is 367 g/mol. The summed E-state index contributed by atoms with van der Waals surface area (Å²) in [4.78, 5) is 0. The number of anilines is 1. The number of nitrogens with one attached hydrogen (secondary N) is 1. The molecule has 0 saturated carbocycles. The summed E-state index contributed by atoms with van der Waals surface area (Å²) >= 11 is 0. The minimum atomic E-state index is -0.211. The molecule has 0 amide bonds. The molecule has 0 unspecified atom stereocenters. The van der Waals surface area contributed by atoms with Gasteiger partial charge in [-0.2, -0.15) is 5.10 Å². The van der Waals surface area contributed by atoms with Crippen LogP contribution in [0.2, 0.25) is 0 Å². The van der Waals surface area contributed by atoms with Crippen molar-refractivity contribution in [2.75, 3.05) is 25.1 Å². The summed E-state index contributed by atoms with van der Waals surface area (Å²) in [5, 5.41) is 16.2. The van der Waals surface area contributed by atoms with Crippen molar-refractivity contribution in [2.24, 2.45) is 0 Å². The lowest BCUT2D eigenvalue weighted by atomic mass is 9.74. The van der Waals surface area contributed by atoms with Crippen molar-refractivity contribution in [2.45, 2.75) is 25.2 Å². The Labute approximate surface area is 157 Å². The quantitative estimate of drug-likeness (QED) is 0.750. The van der Waals surface area contributed by atoms with Gasteiger partial charge in [0.25, 0.3) is 0 Å².